The number of rotatable bonds is 6. The number of benzene rings is 1. The lowest BCUT2D eigenvalue weighted by atomic mass is 10.0. The molecule has 0 saturated heterocycles. The highest BCUT2D eigenvalue weighted by atomic mass is 16.5. The minimum absolute atomic E-state index is 0.0976. The third-order valence-electron chi connectivity index (χ3n) is 2.87. The first-order chi connectivity index (χ1) is 8.45. The monoisotopic (exact) mass is 251 g/mol. The van der Waals surface area contributed by atoms with Crippen LogP contribution in [0, 0.1) is 6.92 Å². The van der Waals surface area contributed by atoms with E-state index in [2.05, 4.69) is 0 Å². The Kier molecular flexibility index (Phi) is 5.16. The zero-order chi connectivity index (χ0) is 13.7. The molecule has 1 aromatic rings. The van der Waals surface area contributed by atoms with Crippen molar-refractivity contribution in [3.05, 3.63) is 29.3 Å². The molecule has 18 heavy (non-hydrogen) atoms. The van der Waals surface area contributed by atoms with E-state index >= 15 is 0 Å². The van der Waals surface area contributed by atoms with Gasteiger partial charge in [-0.1, -0.05) is 12.1 Å². The summed E-state index contributed by atoms with van der Waals surface area (Å²) in [5, 5.41) is 8.95. The van der Waals surface area contributed by atoms with Crippen molar-refractivity contribution in [2.75, 3.05) is 20.7 Å². The standard InChI is InChI=1S/C14H21NO3/c1-5-18-13-7-6-11(8-10(13)2)12(15(3)4)9-14(16)17/h6-8,12H,5,9H2,1-4H3,(H,16,17). The van der Waals surface area contributed by atoms with Gasteiger partial charge in [0.05, 0.1) is 13.0 Å². The number of nitrogens with zero attached hydrogens (tertiary/aromatic N) is 1. The molecule has 1 unspecified atom stereocenters. The number of hydrogen-bond acceptors (Lipinski definition) is 3. The number of aryl methyl sites for hydroxylation is 1. The van der Waals surface area contributed by atoms with Crippen LogP contribution >= 0.6 is 0 Å². The highest BCUT2D eigenvalue weighted by molar-refractivity contribution is 5.68. The first-order valence-electron chi connectivity index (χ1n) is 6.07. The van der Waals surface area contributed by atoms with Crippen molar-refractivity contribution in [2.24, 2.45) is 0 Å². The number of carboxylic acid groups (broad SMARTS) is 1. The van der Waals surface area contributed by atoms with E-state index in [1.54, 1.807) is 0 Å². The molecule has 0 bridgehead atoms. The Morgan fingerprint density at radius 1 is 1.44 bits per heavy atom. The smallest absolute Gasteiger partial charge is 0.305 e. The van der Waals surface area contributed by atoms with Crippen molar-refractivity contribution in [3.63, 3.8) is 0 Å². The van der Waals surface area contributed by atoms with Gasteiger partial charge in [-0.25, -0.2) is 0 Å². The summed E-state index contributed by atoms with van der Waals surface area (Å²) in [6.07, 6.45) is 0.0976. The van der Waals surface area contributed by atoms with Gasteiger partial charge in [0.15, 0.2) is 0 Å². The fraction of sp³-hybridized carbons (Fsp3) is 0.500. The SMILES string of the molecule is CCOc1ccc(C(CC(=O)O)N(C)C)cc1C. The largest absolute Gasteiger partial charge is 0.494 e. The third kappa shape index (κ3) is 3.74. The Morgan fingerprint density at radius 2 is 2.11 bits per heavy atom. The van der Waals surface area contributed by atoms with E-state index in [1.807, 2.05) is 51.0 Å². The van der Waals surface area contributed by atoms with Crippen LogP contribution in [0.25, 0.3) is 0 Å². The topological polar surface area (TPSA) is 49.8 Å². The predicted molar refractivity (Wildman–Crippen MR) is 71.0 cm³/mol. The molecule has 0 fully saturated rings. The van der Waals surface area contributed by atoms with E-state index in [0.29, 0.717) is 6.61 Å². The normalized spacial score (nSPS) is 12.5. The van der Waals surface area contributed by atoms with Crippen LogP contribution in [-0.2, 0) is 4.79 Å². The summed E-state index contributed by atoms with van der Waals surface area (Å²) in [6, 6.07) is 5.73. The molecule has 0 saturated carbocycles. The Bertz CT molecular complexity index is 416. The van der Waals surface area contributed by atoms with Crippen LogP contribution in [0.4, 0.5) is 0 Å². The van der Waals surface area contributed by atoms with Gasteiger partial charge < -0.3 is 14.7 Å². The van der Waals surface area contributed by atoms with Crippen LogP contribution in [0.3, 0.4) is 0 Å². The summed E-state index contributed by atoms with van der Waals surface area (Å²) in [5.74, 6) is 0.0642. The fourth-order valence-electron chi connectivity index (χ4n) is 1.96. The zero-order valence-electron chi connectivity index (χ0n) is 11.4. The van der Waals surface area contributed by atoms with E-state index in [4.69, 9.17) is 9.84 Å². The van der Waals surface area contributed by atoms with Crippen molar-refractivity contribution in [3.8, 4) is 5.75 Å². The van der Waals surface area contributed by atoms with E-state index in [0.717, 1.165) is 16.9 Å². The molecule has 0 spiro atoms. The maximum Gasteiger partial charge on any atom is 0.305 e. The Hall–Kier alpha value is -1.55. The molecular weight excluding hydrogens is 230 g/mol. The molecule has 0 aromatic heterocycles. The fourth-order valence-corrected chi connectivity index (χ4v) is 1.96. The molecule has 0 aliphatic rings. The summed E-state index contributed by atoms with van der Waals surface area (Å²) in [4.78, 5) is 12.8. The lowest BCUT2D eigenvalue weighted by Gasteiger charge is -2.24. The number of ether oxygens (including phenoxy) is 1. The Morgan fingerprint density at radius 3 is 2.56 bits per heavy atom. The van der Waals surface area contributed by atoms with Crippen LogP contribution < -0.4 is 4.74 Å². The molecule has 0 heterocycles. The van der Waals surface area contributed by atoms with Crippen molar-refractivity contribution < 1.29 is 14.6 Å². The van der Waals surface area contributed by atoms with Crippen LogP contribution in [0.15, 0.2) is 18.2 Å². The molecule has 0 radical (unpaired) electrons. The van der Waals surface area contributed by atoms with E-state index in [-0.39, 0.29) is 12.5 Å². The average molecular weight is 251 g/mol. The third-order valence-corrected chi connectivity index (χ3v) is 2.87. The van der Waals surface area contributed by atoms with Crippen LogP contribution in [0.5, 0.6) is 5.75 Å². The second-order valence-corrected chi connectivity index (χ2v) is 4.54. The van der Waals surface area contributed by atoms with E-state index < -0.39 is 5.97 Å². The van der Waals surface area contributed by atoms with Gasteiger partial charge in [0.2, 0.25) is 0 Å². The molecule has 1 aromatic carbocycles. The summed E-state index contributed by atoms with van der Waals surface area (Å²) in [6.45, 7) is 4.55. The van der Waals surface area contributed by atoms with Gasteiger partial charge in [-0.15, -0.1) is 0 Å². The lowest BCUT2D eigenvalue weighted by Crippen LogP contribution is -2.22. The zero-order valence-corrected chi connectivity index (χ0v) is 11.4. The van der Waals surface area contributed by atoms with Gasteiger partial charge in [-0.3, -0.25) is 4.79 Å². The molecule has 1 rings (SSSR count). The van der Waals surface area contributed by atoms with Crippen molar-refractivity contribution in [1.29, 1.82) is 0 Å². The minimum atomic E-state index is -0.791. The average Bonchev–Trinajstić information content (AvgIpc) is 2.28. The van der Waals surface area contributed by atoms with Gasteiger partial charge in [0.1, 0.15) is 5.75 Å². The maximum absolute atomic E-state index is 10.9. The molecule has 1 atom stereocenters. The number of hydrogen-bond donors (Lipinski definition) is 1. The second kappa shape index (κ2) is 6.40. The first-order valence-corrected chi connectivity index (χ1v) is 6.07. The minimum Gasteiger partial charge on any atom is -0.494 e. The van der Waals surface area contributed by atoms with Crippen LogP contribution in [-0.4, -0.2) is 36.7 Å². The Labute approximate surface area is 108 Å². The van der Waals surface area contributed by atoms with E-state index in [9.17, 15) is 4.79 Å². The number of aliphatic carboxylic acids is 1. The van der Waals surface area contributed by atoms with Gasteiger partial charge in [-0.05, 0) is 45.1 Å². The maximum atomic E-state index is 10.9. The van der Waals surface area contributed by atoms with Crippen LogP contribution in [0.1, 0.15) is 30.5 Å². The highest BCUT2D eigenvalue weighted by Crippen LogP contribution is 2.27. The van der Waals surface area contributed by atoms with Crippen molar-refractivity contribution in [2.45, 2.75) is 26.3 Å². The van der Waals surface area contributed by atoms with Crippen LogP contribution in [0.2, 0.25) is 0 Å². The quantitative estimate of drug-likeness (QED) is 0.843. The predicted octanol–water partition coefficient (Wildman–Crippen LogP) is 2.47. The number of carbonyl (C=O) groups is 1. The summed E-state index contributed by atoms with van der Waals surface area (Å²) < 4.78 is 5.48. The lowest BCUT2D eigenvalue weighted by molar-refractivity contribution is -0.138. The summed E-state index contributed by atoms with van der Waals surface area (Å²) in [7, 11) is 3.78. The summed E-state index contributed by atoms with van der Waals surface area (Å²) in [5.41, 5.74) is 2.04. The molecule has 4 nitrogen and oxygen atoms in total. The molecule has 100 valence electrons. The molecular formula is C14H21NO3. The molecule has 4 heteroatoms. The highest BCUT2D eigenvalue weighted by Gasteiger charge is 2.18. The first kappa shape index (κ1) is 14.5. The number of carboxylic acids is 1. The Balaban J connectivity index is 2.99. The molecule has 1 N–H and O–H groups in total. The van der Waals surface area contributed by atoms with Gasteiger partial charge in [0, 0.05) is 6.04 Å². The van der Waals surface area contributed by atoms with Crippen molar-refractivity contribution >= 4 is 5.97 Å². The van der Waals surface area contributed by atoms with Crippen molar-refractivity contribution in [1.82, 2.24) is 4.90 Å². The van der Waals surface area contributed by atoms with Gasteiger partial charge >= 0.3 is 5.97 Å². The van der Waals surface area contributed by atoms with E-state index in [1.165, 1.54) is 0 Å². The molecule has 0 amide bonds. The molecule has 0 aliphatic heterocycles. The molecule has 0 aliphatic carbocycles. The van der Waals surface area contributed by atoms with Gasteiger partial charge in [0.25, 0.3) is 0 Å². The summed E-state index contributed by atoms with van der Waals surface area (Å²) >= 11 is 0. The second-order valence-electron chi connectivity index (χ2n) is 4.54. The van der Waals surface area contributed by atoms with Gasteiger partial charge in [-0.2, -0.15) is 0 Å².